The largest absolute Gasteiger partial charge is 0.459 e. The van der Waals surface area contributed by atoms with E-state index in [1.807, 2.05) is 97.1 Å². The molecule has 2 aromatic heterocycles. The first-order valence-corrected chi connectivity index (χ1v) is 29.4. The van der Waals surface area contributed by atoms with Crippen LogP contribution in [0.4, 0.5) is 0 Å². The third-order valence-corrected chi connectivity index (χ3v) is 18.8. The van der Waals surface area contributed by atoms with Gasteiger partial charge in [0.2, 0.25) is 34.0 Å². The van der Waals surface area contributed by atoms with Crippen LogP contribution >= 0.6 is 22.7 Å². The van der Waals surface area contributed by atoms with E-state index in [2.05, 4.69) is 0 Å². The van der Waals surface area contributed by atoms with Crippen molar-refractivity contribution in [1.82, 2.24) is 0 Å². The summed E-state index contributed by atoms with van der Waals surface area (Å²) >= 11 is 2.44. The van der Waals surface area contributed by atoms with Crippen molar-refractivity contribution < 1.29 is 57.3 Å². The Morgan fingerprint density at radius 1 is 0.372 bits per heavy atom. The Kier molecular flexibility index (Phi) is 13.4. The van der Waals surface area contributed by atoms with Crippen molar-refractivity contribution in [3.05, 3.63) is 293 Å². The van der Waals surface area contributed by atoms with Crippen LogP contribution in [-0.4, -0.2) is 47.0 Å². The Hall–Kier alpha value is -10.3. The molecular formula is C72H46O12S2. The van der Waals surface area contributed by atoms with Crippen LogP contribution in [0, 0.1) is 11.8 Å². The van der Waals surface area contributed by atoms with Gasteiger partial charge >= 0.3 is 23.9 Å². The fourth-order valence-electron chi connectivity index (χ4n) is 12.4. The molecule has 0 bridgehead atoms. The number of Topliss-reactive ketones (excluding diaryl/α,β-unsaturated/α-hetero) is 4. The van der Waals surface area contributed by atoms with Crippen LogP contribution in [0.5, 0.6) is 0 Å². The minimum Gasteiger partial charge on any atom is -0.459 e. The summed E-state index contributed by atoms with van der Waals surface area (Å²) in [5, 5.41) is 0. The number of esters is 4. The number of carbonyl (C=O) groups is 8. The van der Waals surface area contributed by atoms with Crippen LogP contribution < -0.4 is 0 Å². The summed E-state index contributed by atoms with van der Waals surface area (Å²) in [6, 6.07) is 53.1. The van der Waals surface area contributed by atoms with Gasteiger partial charge in [0.1, 0.15) is 26.4 Å². The quantitative estimate of drug-likeness (QED) is 0.0332. The lowest BCUT2D eigenvalue weighted by Gasteiger charge is -2.35. The molecule has 6 aromatic carbocycles. The van der Waals surface area contributed by atoms with Gasteiger partial charge in [0.05, 0.1) is 0 Å². The van der Waals surface area contributed by atoms with Crippen LogP contribution in [0.2, 0.25) is 0 Å². The van der Waals surface area contributed by atoms with E-state index in [4.69, 9.17) is 18.9 Å². The first-order chi connectivity index (χ1) is 41.9. The Morgan fingerprint density at radius 2 is 0.663 bits per heavy atom. The molecule has 6 aliphatic rings. The van der Waals surface area contributed by atoms with Crippen molar-refractivity contribution in [3.8, 4) is 0 Å². The average molecular weight is 1170 g/mol. The van der Waals surface area contributed by atoms with Crippen LogP contribution in [-0.2, 0) is 85.0 Å². The molecule has 0 spiro atoms. The molecule has 0 aliphatic heterocycles. The van der Waals surface area contributed by atoms with Crippen LogP contribution in [0.3, 0.4) is 0 Å². The van der Waals surface area contributed by atoms with E-state index in [-0.39, 0.29) is 71.0 Å². The molecule has 6 aliphatic carbocycles. The zero-order valence-electron chi connectivity index (χ0n) is 45.5. The highest BCUT2D eigenvalue weighted by molar-refractivity contribution is 7.15. The van der Waals surface area contributed by atoms with Crippen molar-refractivity contribution in [2.24, 2.45) is 11.8 Å². The number of allylic oxidation sites excluding steroid dienone is 8. The van der Waals surface area contributed by atoms with Gasteiger partial charge in [0, 0.05) is 64.7 Å². The summed E-state index contributed by atoms with van der Waals surface area (Å²) in [5.41, 5.74) is 1.95. The number of ether oxygens (including phenoxy) is 4. The van der Waals surface area contributed by atoms with Crippen LogP contribution in [0.1, 0.15) is 84.7 Å². The Bertz CT molecular complexity index is 4060. The molecule has 0 saturated heterocycles. The van der Waals surface area contributed by atoms with Gasteiger partial charge in [-0.3, -0.25) is 38.4 Å². The fourth-order valence-corrected chi connectivity index (χ4v) is 14.8. The molecule has 86 heavy (non-hydrogen) atoms. The van der Waals surface area contributed by atoms with E-state index >= 15 is 19.2 Å². The van der Waals surface area contributed by atoms with E-state index in [1.165, 1.54) is 22.7 Å². The first-order valence-electron chi connectivity index (χ1n) is 27.8. The van der Waals surface area contributed by atoms with Gasteiger partial charge in [0.25, 0.3) is 0 Å². The van der Waals surface area contributed by atoms with Gasteiger partial charge in [0.15, 0.2) is 0 Å². The molecule has 14 heteroatoms. The number of fused-ring (bicyclic) bond motifs is 9. The maximum absolute atomic E-state index is 15.7. The minimum atomic E-state index is -2.25. The van der Waals surface area contributed by atoms with Gasteiger partial charge < -0.3 is 18.9 Å². The van der Waals surface area contributed by atoms with Crippen molar-refractivity contribution >= 4 is 104 Å². The lowest BCUT2D eigenvalue weighted by atomic mass is 9.68. The summed E-state index contributed by atoms with van der Waals surface area (Å²) < 4.78 is 25.0. The molecule has 2 atom stereocenters. The summed E-state index contributed by atoms with van der Waals surface area (Å²) in [6.45, 7) is -0.780. The lowest BCUT2D eigenvalue weighted by molar-refractivity contribution is -0.166. The van der Waals surface area contributed by atoms with E-state index in [0.717, 1.165) is 0 Å². The number of hydrogen-bond donors (Lipinski definition) is 0. The SMILES string of the molecule is O=C1C(=O)c2ccccc2/C1=C/c1cc2c(s1)C1=CC3C=C4C(=CC3C=C1C2(C(=O)OCc1ccccc1)C(=O)OCc1ccccc1)c1sc(/C=C2\C(=O)C(=O)c3ccccc32)cc1C4(C(=O)OCc1ccccc1)C(=O)OCc1ccccc1. The normalized spacial score (nSPS) is 18.7. The number of hydrogen-bond acceptors (Lipinski definition) is 14. The van der Waals surface area contributed by atoms with Gasteiger partial charge in [-0.1, -0.05) is 194 Å². The van der Waals surface area contributed by atoms with E-state index in [1.54, 1.807) is 121 Å². The number of ketones is 4. The molecule has 2 unspecified atom stereocenters. The number of carbonyl (C=O) groups excluding carboxylic acids is 8. The second kappa shape index (κ2) is 21.4. The molecule has 12 nitrogen and oxygen atoms in total. The fraction of sp³-hybridized carbons (Fsp3) is 0.111. The molecule has 0 saturated carbocycles. The van der Waals surface area contributed by atoms with Crippen molar-refractivity contribution in [2.45, 2.75) is 37.3 Å². The summed E-state index contributed by atoms with van der Waals surface area (Å²) in [6.07, 6.45) is 10.8. The highest BCUT2D eigenvalue weighted by atomic mass is 32.1. The Morgan fingerprint density at radius 3 is 0.977 bits per heavy atom. The molecule has 14 rings (SSSR count). The molecule has 2 heterocycles. The van der Waals surface area contributed by atoms with Gasteiger partial charge in [-0.05, 0) is 80.0 Å². The maximum Gasteiger partial charge on any atom is 0.333 e. The molecule has 0 amide bonds. The molecule has 8 aromatic rings. The lowest BCUT2D eigenvalue weighted by Crippen LogP contribution is -2.47. The maximum atomic E-state index is 15.7. The smallest absolute Gasteiger partial charge is 0.333 e. The Balaban J connectivity index is 0.959. The van der Waals surface area contributed by atoms with Crippen molar-refractivity contribution in [1.29, 1.82) is 0 Å². The Labute approximate surface area is 500 Å². The molecule has 418 valence electrons. The highest BCUT2D eigenvalue weighted by Gasteiger charge is 2.64. The number of rotatable bonds is 14. The van der Waals surface area contributed by atoms with Gasteiger partial charge in [-0.15, -0.1) is 22.7 Å². The molecule has 0 N–H and O–H groups in total. The third kappa shape index (κ3) is 8.70. The van der Waals surface area contributed by atoms with E-state index in [0.29, 0.717) is 64.0 Å². The summed E-state index contributed by atoms with van der Waals surface area (Å²) in [4.78, 5) is 119. The van der Waals surface area contributed by atoms with E-state index in [9.17, 15) is 19.2 Å². The van der Waals surface area contributed by atoms with Gasteiger partial charge in [-0.2, -0.15) is 0 Å². The van der Waals surface area contributed by atoms with E-state index < -0.39 is 69.7 Å². The van der Waals surface area contributed by atoms with Crippen LogP contribution in [0.15, 0.2) is 217 Å². The second-order valence-corrected chi connectivity index (χ2v) is 23.7. The average Bonchev–Trinajstić information content (AvgIpc) is 1.53. The molecule has 0 radical (unpaired) electrons. The molecule has 0 fully saturated rings. The highest BCUT2D eigenvalue weighted by Crippen LogP contribution is 2.62. The summed E-state index contributed by atoms with van der Waals surface area (Å²) in [5.74, 6) is -7.63. The number of benzene rings is 6. The predicted molar refractivity (Wildman–Crippen MR) is 323 cm³/mol. The van der Waals surface area contributed by atoms with Gasteiger partial charge in [-0.25, -0.2) is 0 Å². The zero-order chi connectivity index (χ0) is 58.8. The topological polar surface area (TPSA) is 173 Å². The number of thiophene rings is 2. The predicted octanol–water partition coefficient (Wildman–Crippen LogP) is 12.5. The van der Waals surface area contributed by atoms with Crippen LogP contribution in [0.25, 0.3) is 34.4 Å². The third-order valence-electron chi connectivity index (χ3n) is 16.5. The van der Waals surface area contributed by atoms with Crippen molar-refractivity contribution in [3.63, 3.8) is 0 Å². The zero-order valence-corrected chi connectivity index (χ0v) is 47.1. The first kappa shape index (κ1) is 53.7. The monoisotopic (exact) mass is 1170 g/mol. The second-order valence-electron chi connectivity index (χ2n) is 21.5. The standard InChI is InChI=1S/C72H46O12S2/c73-61-51-27-15-13-25-49(51)53(63(61)75)33-47-35-59-65(85-47)55-29-46-32-58-56(30-45(46)31-57(55)71(59,67(77)81-37-41-17-5-1-6-18-41)68(78)82-38-42-19-7-2-8-20-42)66-60(36-48(86-66)34-54-50-26-14-16-28-52(50)62(74)64(54)76)72(58,69(79)83-39-43-21-9-3-10-22-43)70(80)84-40-44-23-11-4-12-24-44/h1-36,45-46H,37-40H2/b53-33-,54-34-. The molecular weight excluding hydrogens is 1120 g/mol. The minimum absolute atomic E-state index is 0.161. The summed E-state index contributed by atoms with van der Waals surface area (Å²) in [7, 11) is 0. The van der Waals surface area contributed by atoms with Crippen molar-refractivity contribution in [2.75, 3.05) is 0 Å².